The van der Waals surface area contributed by atoms with Crippen LogP contribution in [-0.4, -0.2) is 23.7 Å². The largest absolute Gasteiger partial charge is 0.389 e. The fourth-order valence-electron chi connectivity index (χ4n) is 3.21. The van der Waals surface area contributed by atoms with Crippen molar-refractivity contribution in [3.8, 4) is 0 Å². The molecule has 0 spiro atoms. The molecular weight excluding hydrogens is 489 g/mol. The van der Waals surface area contributed by atoms with E-state index < -0.39 is 29.7 Å². The number of hydrogen-bond acceptors (Lipinski definition) is 3. The Kier molecular flexibility index (Phi) is 8.98. The van der Waals surface area contributed by atoms with E-state index in [0.29, 0.717) is 12.5 Å². The summed E-state index contributed by atoms with van der Waals surface area (Å²) in [4.78, 5) is 11.5. The third kappa shape index (κ3) is 7.64. The number of amides is 1. The number of benzene rings is 2. The summed E-state index contributed by atoms with van der Waals surface area (Å²) in [6.07, 6.45) is -0.0703. The number of rotatable bonds is 9. The van der Waals surface area contributed by atoms with E-state index in [2.05, 4.69) is 65.3 Å². The summed E-state index contributed by atoms with van der Waals surface area (Å²) >= 11 is 2.27. The van der Waals surface area contributed by atoms with Crippen molar-refractivity contribution in [2.75, 3.05) is 6.54 Å². The Labute approximate surface area is 184 Å². The van der Waals surface area contributed by atoms with Gasteiger partial charge in [0, 0.05) is 29.6 Å². The van der Waals surface area contributed by atoms with Gasteiger partial charge in [0.25, 0.3) is 0 Å². The van der Waals surface area contributed by atoms with Crippen LogP contribution >= 0.6 is 22.6 Å². The molecule has 3 N–H and O–H groups in total. The predicted molar refractivity (Wildman–Crippen MR) is 118 cm³/mol. The predicted octanol–water partition coefficient (Wildman–Crippen LogP) is 4.10. The third-order valence-electron chi connectivity index (χ3n) is 4.41. The highest BCUT2D eigenvalue weighted by atomic mass is 127. The average Bonchev–Trinajstić information content (AvgIpc) is 2.60. The molecule has 0 aliphatic rings. The van der Waals surface area contributed by atoms with Crippen molar-refractivity contribution in [2.45, 2.75) is 45.9 Å². The fraction of sp³-hybridized carbons (Fsp3) is 0.409. The molecule has 1 amide bonds. The van der Waals surface area contributed by atoms with Gasteiger partial charge >= 0.3 is 0 Å². The molecule has 0 bridgehead atoms. The van der Waals surface area contributed by atoms with Crippen LogP contribution in [0.3, 0.4) is 0 Å². The minimum atomic E-state index is -1.06. The molecule has 0 aromatic heterocycles. The monoisotopic (exact) mass is 516 g/mol. The molecule has 158 valence electrons. The van der Waals surface area contributed by atoms with Crippen LogP contribution in [0.2, 0.25) is 0 Å². The summed E-state index contributed by atoms with van der Waals surface area (Å²) in [5.74, 6) is -1.35. The van der Waals surface area contributed by atoms with Gasteiger partial charge in [-0.2, -0.15) is 0 Å². The van der Waals surface area contributed by atoms with E-state index in [0.717, 1.165) is 33.8 Å². The van der Waals surface area contributed by atoms with Gasteiger partial charge < -0.3 is 15.7 Å². The maximum absolute atomic E-state index is 13.6. The van der Waals surface area contributed by atoms with Crippen molar-refractivity contribution in [3.05, 3.63) is 68.3 Å². The number of carbonyl (C=O) groups is 1. The topological polar surface area (TPSA) is 61.4 Å². The number of nitrogens with one attached hydrogen (secondary N) is 2. The highest BCUT2D eigenvalue weighted by molar-refractivity contribution is 14.1. The van der Waals surface area contributed by atoms with E-state index >= 15 is 0 Å². The summed E-state index contributed by atoms with van der Waals surface area (Å²) in [5.41, 5.74) is 2.55. The van der Waals surface area contributed by atoms with E-state index in [1.807, 2.05) is 0 Å². The molecule has 0 aliphatic carbocycles. The number of halogens is 3. The number of carbonyl (C=O) groups excluding carboxylic acids is 1. The van der Waals surface area contributed by atoms with Gasteiger partial charge in [-0.15, -0.1) is 0 Å². The molecule has 0 unspecified atom stereocenters. The molecular formula is C22H27F2IN2O2. The van der Waals surface area contributed by atoms with E-state index in [1.54, 1.807) is 0 Å². The van der Waals surface area contributed by atoms with E-state index in [-0.39, 0.29) is 12.1 Å². The molecule has 0 aliphatic heterocycles. The Bertz CT molecular complexity index is 825. The standard InChI is InChI=1S/C22H27F2IN2O2/c1-13(2)6-15-4-5-20(25)17(7-15)11-26-12-21(29)22(27-14(3)28)16-8-18(23)10-19(24)9-16/h4-5,7-10,13,21-22,26,29H,6,11-12H2,1-3H3,(H,27,28)/t21-,22+/m1/s1. The first-order valence-corrected chi connectivity index (χ1v) is 10.6. The van der Waals surface area contributed by atoms with Crippen LogP contribution in [0.4, 0.5) is 8.78 Å². The zero-order chi connectivity index (χ0) is 21.6. The van der Waals surface area contributed by atoms with Gasteiger partial charge in [0.15, 0.2) is 0 Å². The Morgan fingerprint density at radius 3 is 2.38 bits per heavy atom. The lowest BCUT2D eigenvalue weighted by molar-refractivity contribution is -0.120. The highest BCUT2D eigenvalue weighted by Crippen LogP contribution is 2.21. The summed E-state index contributed by atoms with van der Waals surface area (Å²) in [6.45, 7) is 6.32. The van der Waals surface area contributed by atoms with Gasteiger partial charge in [-0.25, -0.2) is 8.78 Å². The third-order valence-corrected chi connectivity index (χ3v) is 5.46. The molecule has 2 atom stereocenters. The molecule has 2 aromatic carbocycles. The maximum atomic E-state index is 13.6. The SMILES string of the molecule is CC(=O)N[C@@H](c1cc(F)cc(F)c1)[C@H](O)CNCc1cc(CC(C)C)ccc1I. The van der Waals surface area contributed by atoms with Crippen molar-refractivity contribution in [1.29, 1.82) is 0 Å². The highest BCUT2D eigenvalue weighted by Gasteiger charge is 2.23. The van der Waals surface area contributed by atoms with Gasteiger partial charge in [0.05, 0.1) is 12.1 Å². The number of aliphatic hydroxyl groups excluding tert-OH is 1. The lowest BCUT2D eigenvalue weighted by atomic mass is 10.00. The molecule has 0 saturated carbocycles. The van der Waals surface area contributed by atoms with Crippen molar-refractivity contribution >= 4 is 28.5 Å². The lowest BCUT2D eigenvalue weighted by Gasteiger charge is -2.25. The molecule has 29 heavy (non-hydrogen) atoms. The second kappa shape index (κ2) is 11.0. The van der Waals surface area contributed by atoms with Crippen LogP contribution in [0.15, 0.2) is 36.4 Å². The Morgan fingerprint density at radius 2 is 1.79 bits per heavy atom. The van der Waals surface area contributed by atoms with Crippen LogP contribution in [0.1, 0.15) is 43.5 Å². The Balaban J connectivity index is 2.06. The van der Waals surface area contributed by atoms with Crippen LogP contribution in [0.5, 0.6) is 0 Å². The van der Waals surface area contributed by atoms with Crippen LogP contribution in [0.25, 0.3) is 0 Å². The fourth-order valence-corrected chi connectivity index (χ4v) is 3.74. The molecule has 0 heterocycles. The molecule has 4 nitrogen and oxygen atoms in total. The second-order valence-electron chi connectivity index (χ2n) is 7.60. The van der Waals surface area contributed by atoms with E-state index in [1.165, 1.54) is 12.5 Å². The zero-order valence-electron chi connectivity index (χ0n) is 16.8. The normalized spacial score (nSPS) is 13.4. The van der Waals surface area contributed by atoms with Crippen LogP contribution in [0, 0.1) is 21.1 Å². The van der Waals surface area contributed by atoms with Gasteiger partial charge in [-0.05, 0) is 69.8 Å². The number of aliphatic hydroxyl groups is 1. The van der Waals surface area contributed by atoms with Crippen molar-refractivity contribution < 1.29 is 18.7 Å². The van der Waals surface area contributed by atoms with Crippen molar-refractivity contribution in [2.24, 2.45) is 5.92 Å². The summed E-state index contributed by atoms with van der Waals surface area (Å²) in [5, 5.41) is 16.3. The van der Waals surface area contributed by atoms with Crippen molar-refractivity contribution in [1.82, 2.24) is 10.6 Å². The molecule has 0 radical (unpaired) electrons. The summed E-state index contributed by atoms with van der Waals surface area (Å²) in [7, 11) is 0. The van der Waals surface area contributed by atoms with Gasteiger partial charge in [0.1, 0.15) is 11.6 Å². The number of hydrogen-bond donors (Lipinski definition) is 3. The lowest BCUT2D eigenvalue weighted by Crippen LogP contribution is -2.40. The molecule has 2 rings (SSSR count). The summed E-state index contributed by atoms with van der Waals surface area (Å²) in [6, 6.07) is 8.40. The average molecular weight is 516 g/mol. The van der Waals surface area contributed by atoms with Crippen LogP contribution in [-0.2, 0) is 17.8 Å². The Hall–Kier alpha value is -1.58. The van der Waals surface area contributed by atoms with E-state index in [4.69, 9.17) is 0 Å². The molecule has 2 aromatic rings. The summed E-state index contributed by atoms with van der Waals surface area (Å²) < 4.78 is 28.3. The first kappa shape index (κ1) is 23.7. The quantitative estimate of drug-likeness (QED) is 0.440. The Morgan fingerprint density at radius 1 is 1.14 bits per heavy atom. The molecule has 0 saturated heterocycles. The van der Waals surface area contributed by atoms with Gasteiger partial charge in [-0.3, -0.25) is 4.79 Å². The van der Waals surface area contributed by atoms with Crippen LogP contribution < -0.4 is 10.6 Å². The maximum Gasteiger partial charge on any atom is 0.217 e. The zero-order valence-corrected chi connectivity index (χ0v) is 19.0. The first-order chi connectivity index (χ1) is 13.7. The van der Waals surface area contributed by atoms with Crippen molar-refractivity contribution in [3.63, 3.8) is 0 Å². The smallest absolute Gasteiger partial charge is 0.217 e. The first-order valence-electron chi connectivity index (χ1n) is 9.55. The molecule has 7 heteroatoms. The van der Waals surface area contributed by atoms with Gasteiger partial charge in [-0.1, -0.05) is 26.0 Å². The minimum absolute atomic E-state index is 0.146. The van der Waals surface area contributed by atoms with E-state index in [9.17, 15) is 18.7 Å². The van der Waals surface area contributed by atoms with Gasteiger partial charge in [0.2, 0.25) is 5.91 Å². The second-order valence-corrected chi connectivity index (χ2v) is 8.77. The minimum Gasteiger partial charge on any atom is -0.389 e. The molecule has 0 fully saturated rings.